The molecule has 0 aliphatic heterocycles. The second-order valence-electron chi connectivity index (χ2n) is 8.23. The Balaban J connectivity index is 0.000000560. The van der Waals surface area contributed by atoms with Crippen LogP contribution in [0, 0.1) is 0 Å². The molecule has 0 atom stereocenters. The van der Waals surface area contributed by atoms with Crippen LogP contribution in [0.4, 0.5) is 0 Å². The Hall–Kier alpha value is -4.43. The molecule has 5 aromatic carbocycles. The molecule has 0 saturated carbocycles. The first kappa shape index (κ1) is 21.4. The van der Waals surface area contributed by atoms with Gasteiger partial charge in [-0.05, 0) is 50.9 Å². The molecule has 2 nitrogen and oxygen atoms in total. The van der Waals surface area contributed by atoms with E-state index in [-0.39, 0.29) is 0 Å². The molecule has 164 valence electrons. The number of fused-ring (bicyclic) bond motifs is 4. The molecule has 0 saturated heterocycles. The Labute approximate surface area is 200 Å². The third-order valence-electron chi connectivity index (χ3n) is 6.16. The molecular formula is C32H26N2. The molecule has 34 heavy (non-hydrogen) atoms. The van der Waals surface area contributed by atoms with Gasteiger partial charge in [-0.3, -0.25) is 0 Å². The molecular weight excluding hydrogens is 412 g/mol. The minimum absolute atomic E-state index is 0.992. The Morgan fingerprint density at radius 3 is 2.03 bits per heavy atom. The standard InChI is InChI=1S/C28H20N2.C4H6/c1-30-27-16-15-21(18-26(27)29-28(30)19-9-3-2-4-10-19)25-17-20-11-5-6-12-22(20)23-13-7-8-14-24(23)25;1-3-4-2/h2-18H,1H3;3-4H,1-2H2. The Morgan fingerprint density at radius 2 is 1.29 bits per heavy atom. The fourth-order valence-corrected chi connectivity index (χ4v) is 4.51. The van der Waals surface area contributed by atoms with Gasteiger partial charge in [0.15, 0.2) is 0 Å². The average Bonchev–Trinajstić information content (AvgIpc) is 3.24. The van der Waals surface area contributed by atoms with Crippen LogP contribution in [0.25, 0.3) is 55.1 Å². The van der Waals surface area contributed by atoms with Crippen molar-refractivity contribution in [2.75, 3.05) is 0 Å². The molecule has 0 radical (unpaired) electrons. The van der Waals surface area contributed by atoms with Crippen LogP contribution in [-0.2, 0) is 7.05 Å². The highest BCUT2D eigenvalue weighted by Gasteiger charge is 2.13. The lowest BCUT2D eigenvalue weighted by Crippen LogP contribution is -1.91. The largest absolute Gasteiger partial charge is 0.327 e. The van der Waals surface area contributed by atoms with E-state index >= 15 is 0 Å². The van der Waals surface area contributed by atoms with Gasteiger partial charge in [-0.1, -0.05) is 110 Å². The maximum absolute atomic E-state index is 4.97. The van der Waals surface area contributed by atoms with Crippen LogP contribution in [0.15, 0.2) is 128 Å². The third kappa shape index (κ3) is 3.80. The van der Waals surface area contributed by atoms with Crippen molar-refractivity contribution in [1.82, 2.24) is 9.55 Å². The van der Waals surface area contributed by atoms with Crippen LogP contribution in [0.2, 0.25) is 0 Å². The van der Waals surface area contributed by atoms with Crippen LogP contribution in [0.1, 0.15) is 0 Å². The topological polar surface area (TPSA) is 17.8 Å². The van der Waals surface area contributed by atoms with Crippen molar-refractivity contribution in [2.45, 2.75) is 0 Å². The number of benzene rings is 5. The van der Waals surface area contributed by atoms with Gasteiger partial charge in [0.2, 0.25) is 0 Å². The van der Waals surface area contributed by atoms with E-state index in [2.05, 4.69) is 122 Å². The van der Waals surface area contributed by atoms with Crippen molar-refractivity contribution in [3.63, 3.8) is 0 Å². The van der Waals surface area contributed by atoms with E-state index < -0.39 is 0 Å². The zero-order chi connectivity index (χ0) is 23.5. The summed E-state index contributed by atoms with van der Waals surface area (Å²) >= 11 is 0. The van der Waals surface area contributed by atoms with Gasteiger partial charge in [-0.15, -0.1) is 0 Å². The van der Waals surface area contributed by atoms with Crippen LogP contribution < -0.4 is 0 Å². The summed E-state index contributed by atoms with van der Waals surface area (Å²) in [5.74, 6) is 0.992. The van der Waals surface area contributed by atoms with Crippen LogP contribution in [0.3, 0.4) is 0 Å². The number of imidazole rings is 1. The summed E-state index contributed by atoms with van der Waals surface area (Å²) in [4.78, 5) is 4.97. The van der Waals surface area contributed by atoms with Gasteiger partial charge < -0.3 is 4.57 Å². The van der Waals surface area contributed by atoms with Crippen LogP contribution >= 0.6 is 0 Å². The molecule has 0 unspecified atom stereocenters. The lowest BCUT2D eigenvalue weighted by atomic mass is 9.93. The monoisotopic (exact) mass is 438 g/mol. The second-order valence-corrected chi connectivity index (χ2v) is 8.23. The van der Waals surface area contributed by atoms with Gasteiger partial charge in [0.05, 0.1) is 11.0 Å². The first-order valence-corrected chi connectivity index (χ1v) is 11.4. The van der Waals surface area contributed by atoms with E-state index in [1.165, 1.54) is 32.7 Å². The SMILES string of the molecule is C=CC=C.Cn1c(-c2ccccc2)nc2cc(-c3cc4ccccc4c4ccccc34)ccc21. The Morgan fingerprint density at radius 1 is 0.647 bits per heavy atom. The number of aryl methyl sites for hydroxylation is 1. The summed E-state index contributed by atoms with van der Waals surface area (Å²) in [6.07, 6.45) is 3.28. The number of nitrogens with zero attached hydrogens (tertiary/aromatic N) is 2. The molecule has 0 bridgehead atoms. The summed E-state index contributed by atoms with van der Waals surface area (Å²) in [5, 5.41) is 5.12. The summed E-state index contributed by atoms with van der Waals surface area (Å²) in [7, 11) is 2.09. The van der Waals surface area contributed by atoms with E-state index in [0.29, 0.717) is 0 Å². The lowest BCUT2D eigenvalue weighted by Gasteiger charge is -2.11. The molecule has 6 aromatic rings. The van der Waals surface area contributed by atoms with Crippen molar-refractivity contribution >= 4 is 32.6 Å². The summed E-state index contributed by atoms with van der Waals surface area (Å²) in [6.45, 7) is 6.72. The van der Waals surface area contributed by atoms with E-state index in [1.807, 2.05) is 6.07 Å². The molecule has 0 N–H and O–H groups in total. The first-order chi connectivity index (χ1) is 16.7. The van der Waals surface area contributed by atoms with Crippen molar-refractivity contribution in [3.05, 3.63) is 128 Å². The van der Waals surface area contributed by atoms with Crippen LogP contribution in [-0.4, -0.2) is 9.55 Å². The number of hydrogen-bond donors (Lipinski definition) is 0. The smallest absolute Gasteiger partial charge is 0.140 e. The van der Waals surface area contributed by atoms with Gasteiger partial charge in [0.1, 0.15) is 5.82 Å². The normalized spacial score (nSPS) is 10.7. The maximum Gasteiger partial charge on any atom is 0.140 e. The zero-order valence-electron chi connectivity index (χ0n) is 19.3. The summed E-state index contributed by atoms with van der Waals surface area (Å²) < 4.78 is 2.17. The number of rotatable bonds is 3. The maximum atomic E-state index is 4.97. The van der Waals surface area contributed by atoms with Crippen molar-refractivity contribution in [3.8, 4) is 22.5 Å². The molecule has 0 amide bonds. The van der Waals surface area contributed by atoms with E-state index in [1.54, 1.807) is 12.2 Å². The summed E-state index contributed by atoms with van der Waals surface area (Å²) in [5.41, 5.74) is 5.74. The third-order valence-corrected chi connectivity index (χ3v) is 6.16. The van der Waals surface area contributed by atoms with Crippen LogP contribution in [0.5, 0.6) is 0 Å². The van der Waals surface area contributed by atoms with Gasteiger partial charge >= 0.3 is 0 Å². The Kier molecular flexibility index (Phi) is 5.80. The molecule has 2 heteroatoms. The molecule has 0 aliphatic carbocycles. The minimum atomic E-state index is 0.992. The lowest BCUT2D eigenvalue weighted by molar-refractivity contribution is 0.959. The van der Waals surface area contributed by atoms with E-state index in [9.17, 15) is 0 Å². The van der Waals surface area contributed by atoms with Gasteiger partial charge in [-0.2, -0.15) is 0 Å². The zero-order valence-corrected chi connectivity index (χ0v) is 19.3. The van der Waals surface area contributed by atoms with E-state index in [0.717, 1.165) is 22.4 Å². The predicted octanol–water partition coefficient (Wildman–Crippen LogP) is 8.57. The number of aromatic nitrogens is 2. The van der Waals surface area contributed by atoms with Gasteiger partial charge in [0.25, 0.3) is 0 Å². The molecule has 6 rings (SSSR count). The quantitative estimate of drug-likeness (QED) is 0.200. The number of hydrogen-bond acceptors (Lipinski definition) is 1. The van der Waals surface area contributed by atoms with Gasteiger partial charge in [-0.25, -0.2) is 4.98 Å². The molecule has 0 spiro atoms. The molecule has 0 fully saturated rings. The average molecular weight is 439 g/mol. The first-order valence-electron chi connectivity index (χ1n) is 11.4. The highest BCUT2D eigenvalue weighted by atomic mass is 15.1. The fourth-order valence-electron chi connectivity index (χ4n) is 4.51. The van der Waals surface area contributed by atoms with Gasteiger partial charge in [0, 0.05) is 12.6 Å². The fraction of sp³-hybridized carbons (Fsp3) is 0.0312. The van der Waals surface area contributed by atoms with Crippen molar-refractivity contribution in [1.29, 1.82) is 0 Å². The highest BCUT2D eigenvalue weighted by molar-refractivity contribution is 6.14. The Bertz CT molecular complexity index is 1630. The van der Waals surface area contributed by atoms with Crippen molar-refractivity contribution < 1.29 is 0 Å². The predicted molar refractivity (Wildman–Crippen MR) is 147 cm³/mol. The molecule has 1 heterocycles. The summed E-state index contributed by atoms with van der Waals surface area (Å²) in [6, 6.07) is 36.6. The molecule has 0 aliphatic rings. The molecule has 1 aromatic heterocycles. The number of allylic oxidation sites excluding steroid dienone is 2. The second kappa shape index (κ2) is 9.21. The van der Waals surface area contributed by atoms with E-state index in [4.69, 9.17) is 4.98 Å². The highest BCUT2D eigenvalue weighted by Crippen LogP contribution is 2.36. The van der Waals surface area contributed by atoms with Crippen molar-refractivity contribution in [2.24, 2.45) is 7.05 Å². The minimum Gasteiger partial charge on any atom is -0.327 e.